The number of aryl methyl sites for hydroxylation is 1. The van der Waals surface area contributed by atoms with Crippen LogP contribution in [0.25, 0.3) is 50.0 Å². The molecule has 0 aliphatic carbocycles. The number of thiol groups is 1. The van der Waals surface area contributed by atoms with Crippen LogP contribution in [0.15, 0.2) is 275 Å². The van der Waals surface area contributed by atoms with Gasteiger partial charge < -0.3 is 30.9 Å². The summed E-state index contributed by atoms with van der Waals surface area (Å²) in [6, 6.07) is 62.7. The summed E-state index contributed by atoms with van der Waals surface area (Å²) >= 11 is 41.0. The summed E-state index contributed by atoms with van der Waals surface area (Å²) in [5, 5.41) is 18.3. The molecule has 0 aliphatic heterocycles. The molecule has 1 radical (unpaired) electrons. The molecule has 2 aromatic heterocycles. The van der Waals surface area contributed by atoms with Crippen LogP contribution >= 0.6 is 202 Å². The molecule has 40 heteroatoms. The molecule has 0 fully saturated rings. The Kier molecular flexibility index (Phi) is 63.8. The first-order valence-corrected chi connectivity index (χ1v) is 42.0. The summed E-state index contributed by atoms with van der Waals surface area (Å²) in [6.07, 6.45) is -10.7. The monoisotopic (exact) mass is 2330 g/mol. The number of alkyl halides is 7. The van der Waals surface area contributed by atoms with Crippen LogP contribution in [0.4, 0.5) is 60.0 Å². The van der Waals surface area contributed by atoms with Gasteiger partial charge in [-0.25, -0.2) is 23.7 Å². The van der Waals surface area contributed by atoms with Crippen molar-refractivity contribution < 1.29 is 172 Å². The van der Waals surface area contributed by atoms with Gasteiger partial charge in [0.1, 0.15) is 11.6 Å². The van der Waals surface area contributed by atoms with Gasteiger partial charge in [-0.05, 0) is 194 Å². The molecule has 3 N–H and O–H groups in total. The number of hydrogen-bond acceptors (Lipinski definition) is 15. The Morgan fingerprint density at radius 1 is 0.564 bits per heavy atom. The van der Waals surface area contributed by atoms with E-state index in [1.165, 1.54) is 29.5 Å². The molecule has 0 amide bonds. The minimum atomic E-state index is -5.62. The topological polar surface area (TPSA) is 183 Å². The number of nitrogens with zero attached hydrogens (tertiary/aromatic N) is 2. The summed E-state index contributed by atoms with van der Waals surface area (Å²) in [7, 11) is -0.375. The maximum Gasteiger partial charge on any atom is 1.00 e. The fraction of sp³-hybridized carbons (Fsp3) is 0.130. The SMILES string of the molecule is CCO.CCO.CC[B]F.Cc1ccc2c(=O)c3ccc(Br)cc3sc2c1.FF.O=C(OC(=O)C(F)(F)F)C(F)(F)F.O=COc1ccc(Br)cc1Sc1cccc(Br)c1.O=c1c2ccc(Br)cc2sc2cccc(Br)c12.Sc1cccc(Br)c1.[2H]CF.[C-]#[N+]c1ccc(Br)cc1F.[C-]#[N+]c1ccc(Br)cc1Sc1cccc(Br)c1.[H-].[K+].[Na+].[OH-]. The third kappa shape index (κ3) is 45.3. The molecule has 0 spiro atoms. The summed E-state index contributed by atoms with van der Waals surface area (Å²) in [5.41, 5.74) is 2.14. The summed E-state index contributed by atoms with van der Waals surface area (Å²) in [6.45, 7) is 21.8. The maximum atomic E-state index is 12.6. The normalized spacial score (nSPS) is 9.77. The minimum Gasteiger partial charge on any atom is -1.00 e. The summed E-state index contributed by atoms with van der Waals surface area (Å²) in [5.74, 6) is -6.33. The van der Waals surface area contributed by atoms with Gasteiger partial charge in [0, 0.05) is 117 Å². The zero-order valence-electron chi connectivity index (χ0n) is 63.3. The number of carbonyl (C=O) groups excluding carboxylic acids is 3. The van der Waals surface area contributed by atoms with Crippen LogP contribution in [0.1, 0.15) is 29.1 Å². The van der Waals surface area contributed by atoms with Crippen molar-refractivity contribution in [3.63, 3.8) is 0 Å². The van der Waals surface area contributed by atoms with Gasteiger partial charge in [0.05, 0.1) is 32.0 Å². The minimum absolute atomic E-state index is 0. The standard InChI is InChI=1S/C14H9BrOS.C13H7Br2NS.C13H8Br2O2S.C13H6Br2OS.C7H3BrFN.C6H5BrS.C4F6O3.C2H5BF.2C2H6O.CH3F.F2.K.Na.H2O.H/c1-8-2-4-10-12(6-8)17-13-7-9(15)3-5-11(13)14(10)16;1-16-12-6-5-10(15)8-13(12)17-11-4-2-3-9(14)7-11;14-9-2-1-3-11(6-9)18-13-7-10(15)4-5-12(13)17-8-16;14-7-4-5-8-11(6-7)17-10-3-1-2-9(15)12(10)13(8)16;1-10-7-3-2-5(8)4-6(7)9;7-5-2-1-3-6(8)4-5;5-3(6,7)1(11)13-2(12)4(8,9)10;1-2-3-4;2*1-2-3;2*1-2;;;;/h2-7H,1H3;2-8H;1-8H;1-6H;2-4H;1-4,8H;;2H2,1H3;2*3H,2H2,1H3;1H3;;;;1H2;/q;;;;;;;;;;;;2*+1;;-1/p-1/i;;;;;;;;;;1D;;;;;. The first-order valence-electron chi connectivity index (χ1n) is 31.8. The molecular weight excluding hydrogens is 2270 g/mol. The average molecular weight is 2340 g/mol. The molecular formula is C77H60BBr9F11KN2NaO10S5. The molecule has 117 heavy (non-hydrogen) atoms. The summed E-state index contributed by atoms with van der Waals surface area (Å²) in [4.78, 5) is 66.0. The Balaban J connectivity index is -0.000000633. The molecule has 12 aromatic rings. The third-order valence-electron chi connectivity index (χ3n) is 12.2. The van der Waals surface area contributed by atoms with Crippen molar-refractivity contribution >= 4 is 280 Å². The number of aliphatic hydroxyl groups is 2. The van der Waals surface area contributed by atoms with Crippen molar-refractivity contribution in [3.05, 3.63) is 295 Å². The second-order valence-corrected chi connectivity index (χ2v) is 33.6. The molecule has 0 saturated carbocycles. The largest absolute Gasteiger partial charge is 1.00 e. The van der Waals surface area contributed by atoms with Crippen LogP contribution in [0.3, 0.4) is 0 Å². The van der Waals surface area contributed by atoms with Crippen LogP contribution in [0.5, 0.6) is 5.75 Å². The van der Waals surface area contributed by atoms with Gasteiger partial charge in [-0.3, -0.25) is 18.8 Å². The molecule has 0 aliphatic rings. The number of fused-ring (bicyclic) bond motifs is 4. The number of carbonyl (C=O) groups is 3. The second-order valence-electron chi connectivity index (χ2n) is 20.5. The molecule has 0 atom stereocenters. The molecule has 2 heterocycles. The zero-order chi connectivity index (χ0) is 87.1. The van der Waals surface area contributed by atoms with E-state index in [-0.39, 0.29) is 118 Å². The fourth-order valence-corrected chi connectivity index (χ4v) is 17.0. The zero-order valence-corrected chi connectivity index (χ0v) is 84.8. The van der Waals surface area contributed by atoms with E-state index in [0.717, 1.165) is 101 Å². The Bertz CT molecular complexity index is 5230. The number of rotatable bonds is 7. The van der Waals surface area contributed by atoms with Crippen molar-refractivity contribution in [3.8, 4) is 5.75 Å². The van der Waals surface area contributed by atoms with Gasteiger partial charge in [0.25, 0.3) is 6.47 Å². The Morgan fingerprint density at radius 2 is 0.932 bits per heavy atom. The number of benzene rings is 10. The van der Waals surface area contributed by atoms with Crippen molar-refractivity contribution in [2.24, 2.45) is 0 Å². The number of aliphatic hydroxyl groups excluding tert-OH is 2. The van der Waals surface area contributed by atoms with Crippen LogP contribution in [-0.4, -0.2) is 74.4 Å². The van der Waals surface area contributed by atoms with E-state index in [4.69, 9.17) is 38.6 Å². The van der Waals surface area contributed by atoms with Crippen LogP contribution in [-0.2, 0) is 19.1 Å². The number of halogens is 20. The van der Waals surface area contributed by atoms with Crippen molar-refractivity contribution in [2.45, 2.75) is 70.8 Å². The van der Waals surface area contributed by atoms with Gasteiger partial charge in [-0.2, -0.15) is 26.3 Å². The molecule has 613 valence electrons. The molecule has 10 aromatic carbocycles. The quantitative estimate of drug-likeness (QED) is 0.0201. The van der Waals surface area contributed by atoms with E-state index in [1.54, 1.807) is 67.3 Å². The van der Waals surface area contributed by atoms with Gasteiger partial charge in [-0.1, -0.05) is 201 Å². The van der Waals surface area contributed by atoms with E-state index in [0.29, 0.717) is 36.3 Å². The first kappa shape index (κ1) is 116. The van der Waals surface area contributed by atoms with E-state index < -0.39 is 37.3 Å². The molecule has 12 nitrogen and oxygen atoms in total. The van der Waals surface area contributed by atoms with E-state index in [2.05, 4.69) is 176 Å². The van der Waals surface area contributed by atoms with Gasteiger partial charge in [0.15, 0.2) is 10.9 Å². The van der Waals surface area contributed by atoms with Crippen molar-refractivity contribution in [2.75, 3.05) is 20.4 Å². The number of ether oxygens (including phenoxy) is 2. The number of hydrogen-bond donors (Lipinski definition) is 3. The van der Waals surface area contributed by atoms with Crippen molar-refractivity contribution in [1.29, 1.82) is 0 Å². The molecule has 0 unspecified atom stereocenters. The number of esters is 2. The van der Waals surface area contributed by atoms with Crippen LogP contribution < -0.4 is 96.5 Å². The van der Waals surface area contributed by atoms with Gasteiger partial charge in [0.2, 0.25) is 11.4 Å². The second kappa shape index (κ2) is 64.5. The van der Waals surface area contributed by atoms with E-state index >= 15 is 0 Å². The molecule has 0 bridgehead atoms. The van der Waals surface area contributed by atoms with Crippen molar-refractivity contribution in [1.82, 2.24) is 0 Å². The van der Waals surface area contributed by atoms with Gasteiger partial charge in [-0.15, -0.1) is 47.1 Å². The smallest absolute Gasteiger partial charge is 1.00 e. The van der Waals surface area contributed by atoms with Gasteiger partial charge >= 0.3 is 113 Å². The fourth-order valence-electron chi connectivity index (χ4n) is 7.70. The Morgan fingerprint density at radius 3 is 1.35 bits per heavy atom. The Hall–Kier alpha value is -3.25. The Labute approximate surface area is 832 Å². The predicted octanol–water partition coefficient (Wildman–Crippen LogP) is 23.7. The maximum absolute atomic E-state index is 12.6. The molecule has 12 rings (SSSR count). The molecule has 0 saturated heterocycles. The predicted molar refractivity (Wildman–Crippen MR) is 477 cm³/mol. The van der Waals surface area contributed by atoms with Crippen LogP contribution in [0, 0.1) is 25.9 Å². The summed E-state index contributed by atoms with van der Waals surface area (Å²) < 4.78 is 142. The van der Waals surface area contributed by atoms with E-state index in [1.807, 2.05) is 177 Å². The third-order valence-corrected chi connectivity index (χ3v) is 21.4. The van der Waals surface area contributed by atoms with E-state index in [9.17, 15) is 63.4 Å². The van der Waals surface area contributed by atoms with Crippen LogP contribution in [0.2, 0.25) is 6.32 Å². The first-order chi connectivity index (χ1) is 54.4. The average Bonchev–Trinajstić information content (AvgIpc) is 0.781.